The fourth-order valence-electron chi connectivity index (χ4n) is 1.64. The zero-order valence-electron chi connectivity index (χ0n) is 8.98. The molecule has 1 heterocycles. The molecule has 15 heavy (non-hydrogen) atoms. The van der Waals surface area contributed by atoms with Crippen LogP contribution >= 0.6 is 0 Å². The summed E-state index contributed by atoms with van der Waals surface area (Å²) in [4.78, 5) is 13.4. The third-order valence-electron chi connectivity index (χ3n) is 2.53. The Morgan fingerprint density at radius 3 is 2.40 bits per heavy atom. The predicted molar refractivity (Wildman–Crippen MR) is 58.1 cm³/mol. The number of sulfone groups is 1. The van der Waals surface area contributed by atoms with Crippen LogP contribution in [0.15, 0.2) is 0 Å². The highest BCUT2D eigenvalue weighted by molar-refractivity contribution is 7.90. The molecule has 1 atom stereocenters. The molecule has 1 saturated heterocycles. The van der Waals surface area contributed by atoms with Gasteiger partial charge in [0.05, 0.1) is 11.8 Å². The highest BCUT2D eigenvalue weighted by atomic mass is 32.2. The molecule has 0 aliphatic carbocycles. The van der Waals surface area contributed by atoms with Crippen LogP contribution in [0.1, 0.15) is 19.3 Å². The van der Waals surface area contributed by atoms with Crippen LogP contribution in [-0.4, -0.2) is 50.4 Å². The van der Waals surface area contributed by atoms with Gasteiger partial charge in [0, 0.05) is 19.3 Å². The number of nitrogens with two attached hydrogens (primary N) is 1. The van der Waals surface area contributed by atoms with Crippen molar-refractivity contribution >= 4 is 15.7 Å². The zero-order chi connectivity index (χ0) is 11.5. The van der Waals surface area contributed by atoms with Gasteiger partial charge in [-0.1, -0.05) is 0 Å². The Bertz CT molecular complexity index is 320. The standard InChI is InChI=1S/C9H18N2O3S/c1-15(13,14)7-4-8(10)9(12)11-5-2-3-6-11/h8H,2-7,10H2,1H3/t8-/m0/s1. The molecule has 0 saturated carbocycles. The molecule has 1 aliphatic heterocycles. The van der Waals surface area contributed by atoms with Gasteiger partial charge in [-0.05, 0) is 19.3 Å². The summed E-state index contributed by atoms with van der Waals surface area (Å²) in [6.45, 7) is 1.51. The van der Waals surface area contributed by atoms with Crippen LogP contribution in [0.3, 0.4) is 0 Å². The average molecular weight is 234 g/mol. The van der Waals surface area contributed by atoms with Crippen molar-refractivity contribution in [3.8, 4) is 0 Å². The Morgan fingerprint density at radius 1 is 1.40 bits per heavy atom. The summed E-state index contributed by atoms with van der Waals surface area (Å²) in [6.07, 6.45) is 3.41. The van der Waals surface area contributed by atoms with E-state index >= 15 is 0 Å². The second-order valence-electron chi connectivity index (χ2n) is 4.06. The van der Waals surface area contributed by atoms with E-state index in [1.807, 2.05) is 0 Å². The molecule has 0 aromatic rings. The molecule has 88 valence electrons. The molecule has 1 aliphatic rings. The highest BCUT2D eigenvalue weighted by Crippen LogP contribution is 2.09. The number of carbonyl (C=O) groups excluding carboxylic acids is 1. The van der Waals surface area contributed by atoms with E-state index in [2.05, 4.69) is 0 Å². The van der Waals surface area contributed by atoms with E-state index in [1.165, 1.54) is 0 Å². The Balaban J connectivity index is 2.39. The fraction of sp³-hybridized carbons (Fsp3) is 0.889. The van der Waals surface area contributed by atoms with Crippen LogP contribution in [0.5, 0.6) is 0 Å². The smallest absolute Gasteiger partial charge is 0.239 e. The van der Waals surface area contributed by atoms with E-state index in [4.69, 9.17) is 5.73 Å². The van der Waals surface area contributed by atoms with E-state index in [1.54, 1.807) is 4.90 Å². The molecule has 1 rings (SSSR count). The Labute approximate surface area is 90.5 Å². The van der Waals surface area contributed by atoms with Crippen molar-refractivity contribution in [2.24, 2.45) is 5.73 Å². The number of carbonyl (C=O) groups is 1. The molecule has 0 unspecified atom stereocenters. The van der Waals surface area contributed by atoms with Crippen molar-refractivity contribution in [1.82, 2.24) is 4.90 Å². The summed E-state index contributed by atoms with van der Waals surface area (Å²) in [5.74, 6) is -0.135. The van der Waals surface area contributed by atoms with Gasteiger partial charge in [0.25, 0.3) is 0 Å². The quantitative estimate of drug-likeness (QED) is 0.702. The first-order valence-corrected chi connectivity index (χ1v) is 7.18. The summed E-state index contributed by atoms with van der Waals surface area (Å²) in [7, 11) is -3.03. The van der Waals surface area contributed by atoms with Crippen molar-refractivity contribution in [3.63, 3.8) is 0 Å². The summed E-state index contributed by atoms with van der Waals surface area (Å²) < 4.78 is 21.8. The minimum Gasteiger partial charge on any atom is -0.341 e. The van der Waals surface area contributed by atoms with Crippen molar-refractivity contribution < 1.29 is 13.2 Å². The van der Waals surface area contributed by atoms with Gasteiger partial charge in [0.15, 0.2) is 0 Å². The monoisotopic (exact) mass is 234 g/mol. The van der Waals surface area contributed by atoms with Gasteiger partial charge in [-0.15, -0.1) is 0 Å². The van der Waals surface area contributed by atoms with Crippen LogP contribution in [0.25, 0.3) is 0 Å². The van der Waals surface area contributed by atoms with E-state index in [0.29, 0.717) is 0 Å². The first-order valence-electron chi connectivity index (χ1n) is 5.12. The van der Waals surface area contributed by atoms with Gasteiger partial charge >= 0.3 is 0 Å². The maximum absolute atomic E-state index is 11.7. The highest BCUT2D eigenvalue weighted by Gasteiger charge is 2.24. The Morgan fingerprint density at radius 2 is 1.93 bits per heavy atom. The number of rotatable bonds is 4. The largest absolute Gasteiger partial charge is 0.341 e. The maximum Gasteiger partial charge on any atom is 0.239 e. The van der Waals surface area contributed by atoms with E-state index in [0.717, 1.165) is 32.2 Å². The lowest BCUT2D eigenvalue weighted by atomic mass is 10.2. The minimum atomic E-state index is -3.03. The Kier molecular flexibility index (Phi) is 4.10. The van der Waals surface area contributed by atoms with Crippen molar-refractivity contribution in [2.45, 2.75) is 25.3 Å². The molecular weight excluding hydrogens is 216 g/mol. The molecule has 5 nitrogen and oxygen atoms in total. The van der Waals surface area contributed by atoms with Gasteiger partial charge in [-0.2, -0.15) is 0 Å². The van der Waals surface area contributed by atoms with Crippen LogP contribution in [0, 0.1) is 0 Å². The van der Waals surface area contributed by atoms with E-state index in [9.17, 15) is 13.2 Å². The maximum atomic E-state index is 11.7. The van der Waals surface area contributed by atoms with Crippen LogP contribution in [0.4, 0.5) is 0 Å². The normalized spacial score (nSPS) is 19.2. The van der Waals surface area contributed by atoms with Crippen LogP contribution in [-0.2, 0) is 14.6 Å². The fourth-order valence-corrected chi connectivity index (χ4v) is 2.32. The Hall–Kier alpha value is -0.620. The van der Waals surface area contributed by atoms with Gasteiger partial charge in [-0.3, -0.25) is 4.79 Å². The number of hydrogen-bond acceptors (Lipinski definition) is 4. The third-order valence-corrected chi connectivity index (χ3v) is 3.51. The number of hydrogen-bond donors (Lipinski definition) is 1. The molecule has 2 N–H and O–H groups in total. The van der Waals surface area contributed by atoms with Crippen molar-refractivity contribution in [3.05, 3.63) is 0 Å². The predicted octanol–water partition coefficient (Wildman–Crippen LogP) is -0.629. The SMILES string of the molecule is CS(=O)(=O)CC[C@H](N)C(=O)N1CCCC1. The zero-order valence-corrected chi connectivity index (χ0v) is 9.79. The molecular formula is C9H18N2O3S. The third kappa shape index (κ3) is 4.17. The second kappa shape index (κ2) is 4.94. The van der Waals surface area contributed by atoms with Crippen LogP contribution < -0.4 is 5.73 Å². The van der Waals surface area contributed by atoms with Gasteiger partial charge in [0.1, 0.15) is 9.84 Å². The lowest BCUT2D eigenvalue weighted by molar-refractivity contribution is -0.131. The van der Waals surface area contributed by atoms with Gasteiger partial charge in [-0.25, -0.2) is 8.42 Å². The summed E-state index contributed by atoms with van der Waals surface area (Å²) >= 11 is 0. The molecule has 6 heteroatoms. The first-order chi connectivity index (χ1) is 6.90. The molecule has 0 aromatic carbocycles. The summed E-state index contributed by atoms with van der Waals surface area (Å²) in [5.41, 5.74) is 5.65. The number of likely N-dealkylation sites (tertiary alicyclic amines) is 1. The molecule has 0 bridgehead atoms. The number of amides is 1. The lowest BCUT2D eigenvalue weighted by Crippen LogP contribution is -2.43. The molecule has 1 fully saturated rings. The molecule has 0 aromatic heterocycles. The van der Waals surface area contributed by atoms with Crippen molar-refractivity contribution in [1.29, 1.82) is 0 Å². The first kappa shape index (κ1) is 12.4. The van der Waals surface area contributed by atoms with Crippen molar-refractivity contribution in [2.75, 3.05) is 25.1 Å². The van der Waals surface area contributed by atoms with E-state index in [-0.39, 0.29) is 18.1 Å². The van der Waals surface area contributed by atoms with Gasteiger partial charge < -0.3 is 10.6 Å². The minimum absolute atomic E-state index is 0.0201. The topological polar surface area (TPSA) is 80.5 Å². The van der Waals surface area contributed by atoms with Gasteiger partial charge in [0.2, 0.25) is 5.91 Å². The molecule has 1 amide bonds. The van der Waals surface area contributed by atoms with E-state index < -0.39 is 15.9 Å². The average Bonchev–Trinajstić information content (AvgIpc) is 2.64. The summed E-state index contributed by atoms with van der Waals surface area (Å²) in [6, 6.07) is -0.669. The van der Waals surface area contributed by atoms with Crippen LogP contribution in [0.2, 0.25) is 0 Å². The summed E-state index contributed by atoms with van der Waals surface area (Å²) in [5, 5.41) is 0. The number of nitrogens with zero attached hydrogens (tertiary/aromatic N) is 1. The molecule has 0 radical (unpaired) electrons. The lowest BCUT2D eigenvalue weighted by Gasteiger charge is -2.19. The second-order valence-corrected chi connectivity index (χ2v) is 6.32. The molecule has 0 spiro atoms.